The fourth-order valence-electron chi connectivity index (χ4n) is 2.97. The summed E-state index contributed by atoms with van der Waals surface area (Å²) in [4.78, 5) is 64.6. The van der Waals surface area contributed by atoms with Crippen LogP contribution in [0.2, 0.25) is 0 Å². The number of hydrogen-bond donors (Lipinski definition) is 2. The third kappa shape index (κ3) is 4.20. The van der Waals surface area contributed by atoms with Gasteiger partial charge in [-0.3, -0.25) is 19.2 Å². The normalized spacial score (nSPS) is 11.1. The van der Waals surface area contributed by atoms with E-state index in [0.717, 1.165) is 22.7 Å². The molecule has 2 heterocycles. The molecule has 0 aliphatic carbocycles. The van der Waals surface area contributed by atoms with Crippen LogP contribution in [-0.4, -0.2) is 38.3 Å². The largest absolute Gasteiger partial charge is 0.519 e. The molecule has 13 heteroatoms. The second kappa shape index (κ2) is 9.10. The molecule has 9 nitrogen and oxygen atoms in total. The van der Waals surface area contributed by atoms with E-state index in [4.69, 9.17) is 9.47 Å². The van der Waals surface area contributed by atoms with Gasteiger partial charge in [0.05, 0.1) is 20.1 Å². The van der Waals surface area contributed by atoms with Crippen molar-refractivity contribution in [2.24, 2.45) is 0 Å². The monoisotopic (exact) mass is 600 g/mol. The number of halogens is 2. The van der Waals surface area contributed by atoms with E-state index >= 15 is 0 Å². The van der Waals surface area contributed by atoms with Crippen LogP contribution < -0.4 is 19.2 Å². The number of benzene rings is 2. The van der Waals surface area contributed by atoms with Crippen molar-refractivity contribution < 1.29 is 23.9 Å². The van der Waals surface area contributed by atoms with E-state index in [0.29, 0.717) is 20.5 Å². The van der Waals surface area contributed by atoms with Crippen molar-refractivity contribution in [3.63, 3.8) is 0 Å². The van der Waals surface area contributed by atoms with Crippen molar-refractivity contribution in [1.82, 2.24) is 9.97 Å². The zero-order valence-corrected chi connectivity index (χ0v) is 20.5. The highest BCUT2D eigenvalue weighted by Gasteiger charge is 2.21. The molecule has 0 aliphatic heterocycles. The smallest absolute Gasteiger partial charge is 0.392 e. The molecule has 0 saturated heterocycles. The van der Waals surface area contributed by atoms with E-state index in [1.807, 2.05) is 0 Å². The first kappa shape index (κ1) is 22.6. The molecule has 32 heavy (non-hydrogen) atoms. The van der Waals surface area contributed by atoms with Crippen molar-refractivity contribution in [3.8, 4) is 11.5 Å². The standard InChI is InChI=1S/C19H10Br2N2O7S2/c20-5-9(24)7-1-3-11(13-15(7)31-17(26)22-13)29-19(28)30-12-4-2-8(10(25)6-21)16-14(12)23-18(27)32-16/h1-4H,5-6H2,(H,22,26)(H,23,27). The lowest BCUT2D eigenvalue weighted by molar-refractivity contribution is 0.101. The van der Waals surface area contributed by atoms with Gasteiger partial charge in [-0.2, -0.15) is 0 Å². The molecular weight excluding hydrogens is 592 g/mol. The topological polar surface area (TPSA) is 135 Å². The van der Waals surface area contributed by atoms with Crippen molar-refractivity contribution >= 4 is 92.7 Å². The number of carbonyl (C=O) groups excluding carboxylic acids is 3. The SMILES string of the molecule is O=C(Oc1ccc(C(=O)CBr)c2sc(=O)[nH]c12)Oc1ccc(C(=O)CBr)c2sc(=O)[nH]c12. The number of nitrogens with one attached hydrogen (secondary N) is 2. The zero-order chi connectivity index (χ0) is 23.0. The number of aromatic nitrogens is 2. The van der Waals surface area contributed by atoms with Gasteiger partial charge in [-0.25, -0.2) is 4.79 Å². The Labute approximate surface area is 202 Å². The number of hydrogen-bond acceptors (Lipinski definition) is 9. The van der Waals surface area contributed by atoms with Crippen LogP contribution in [0.25, 0.3) is 20.4 Å². The van der Waals surface area contributed by atoms with Crippen LogP contribution in [0, 0.1) is 0 Å². The molecule has 0 bridgehead atoms. The molecule has 0 saturated carbocycles. The van der Waals surface area contributed by atoms with Gasteiger partial charge in [0.25, 0.3) is 0 Å². The molecule has 164 valence electrons. The van der Waals surface area contributed by atoms with Crippen LogP contribution in [-0.2, 0) is 0 Å². The molecule has 4 aromatic rings. The average molecular weight is 602 g/mol. The van der Waals surface area contributed by atoms with Crippen molar-refractivity contribution in [2.45, 2.75) is 0 Å². The third-order valence-corrected chi connectivity index (χ3v) is 7.16. The Morgan fingerprint density at radius 1 is 0.750 bits per heavy atom. The molecule has 2 aromatic carbocycles. The molecule has 4 rings (SSSR count). The van der Waals surface area contributed by atoms with Gasteiger partial charge in [-0.05, 0) is 24.3 Å². The quantitative estimate of drug-likeness (QED) is 0.146. The number of aromatic amines is 2. The molecule has 0 radical (unpaired) electrons. The van der Waals surface area contributed by atoms with E-state index in [2.05, 4.69) is 41.8 Å². The molecule has 0 aliphatic rings. The zero-order valence-electron chi connectivity index (χ0n) is 15.7. The second-order valence-electron chi connectivity index (χ2n) is 6.23. The van der Waals surface area contributed by atoms with E-state index < -0.39 is 15.9 Å². The highest BCUT2D eigenvalue weighted by Crippen LogP contribution is 2.32. The molecule has 0 amide bonds. The average Bonchev–Trinajstić information content (AvgIpc) is 3.35. The maximum atomic E-state index is 12.5. The summed E-state index contributed by atoms with van der Waals surface area (Å²) < 4.78 is 11.2. The van der Waals surface area contributed by atoms with E-state index in [1.165, 1.54) is 24.3 Å². The predicted octanol–water partition coefficient (Wildman–Crippen LogP) is 4.23. The van der Waals surface area contributed by atoms with E-state index in [-0.39, 0.29) is 44.8 Å². The highest BCUT2D eigenvalue weighted by molar-refractivity contribution is 9.09. The number of ether oxygens (including phenoxy) is 2. The summed E-state index contributed by atoms with van der Waals surface area (Å²) >= 11 is 7.83. The van der Waals surface area contributed by atoms with Crippen LogP contribution in [0.15, 0.2) is 33.9 Å². The summed E-state index contributed by atoms with van der Waals surface area (Å²) in [6.07, 6.45) is -1.13. The summed E-state index contributed by atoms with van der Waals surface area (Å²) in [6, 6.07) is 5.66. The Kier molecular flexibility index (Phi) is 6.42. The molecule has 0 unspecified atom stereocenters. The second-order valence-corrected chi connectivity index (χ2v) is 9.32. The number of rotatable bonds is 6. The lowest BCUT2D eigenvalue weighted by Gasteiger charge is -2.09. The maximum absolute atomic E-state index is 12.5. The minimum atomic E-state index is -1.13. The molecule has 2 aromatic heterocycles. The van der Waals surface area contributed by atoms with E-state index in [1.54, 1.807) is 0 Å². The van der Waals surface area contributed by atoms with E-state index in [9.17, 15) is 24.0 Å². The molecule has 2 N–H and O–H groups in total. The molecule has 0 spiro atoms. The number of alkyl halides is 2. The third-order valence-electron chi connectivity index (χ3n) is 4.31. The molecule has 0 fully saturated rings. The summed E-state index contributed by atoms with van der Waals surface area (Å²) in [6.45, 7) is 0. The number of carbonyl (C=O) groups is 3. The summed E-state index contributed by atoms with van der Waals surface area (Å²) in [7, 11) is 0. The fraction of sp³-hybridized carbons (Fsp3) is 0.105. The van der Waals surface area contributed by atoms with Crippen molar-refractivity contribution in [2.75, 3.05) is 10.7 Å². The van der Waals surface area contributed by atoms with Crippen molar-refractivity contribution in [1.29, 1.82) is 0 Å². The number of fused-ring (bicyclic) bond motifs is 2. The first-order valence-electron chi connectivity index (χ1n) is 8.72. The predicted molar refractivity (Wildman–Crippen MR) is 128 cm³/mol. The summed E-state index contributed by atoms with van der Waals surface area (Å²) in [5, 5.41) is 0.137. The number of Topliss-reactive ketones (excluding diaryl/α,β-unsaturated/α-hetero) is 2. The maximum Gasteiger partial charge on any atom is 0.519 e. The molecule has 0 atom stereocenters. The Hall–Kier alpha value is -2.61. The first-order chi connectivity index (χ1) is 15.3. The summed E-state index contributed by atoms with van der Waals surface area (Å²) in [5.74, 6) is -0.478. The van der Waals surface area contributed by atoms with Crippen LogP contribution in [0.1, 0.15) is 20.7 Å². The summed E-state index contributed by atoms with van der Waals surface area (Å²) in [5.41, 5.74) is 1.00. The number of ketones is 2. The Balaban J connectivity index is 1.67. The van der Waals surface area contributed by atoms with Crippen LogP contribution in [0.5, 0.6) is 11.5 Å². The van der Waals surface area contributed by atoms with Gasteiger partial charge in [-0.15, -0.1) is 0 Å². The molecular formula is C19H10Br2N2O7S2. The van der Waals surface area contributed by atoms with Crippen LogP contribution >= 0.6 is 54.5 Å². The fourth-order valence-corrected chi connectivity index (χ4v) is 5.34. The van der Waals surface area contributed by atoms with Gasteiger partial charge < -0.3 is 19.4 Å². The van der Waals surface area contributed by atoms with Gasteiger partial charge in [0, 0.05) is 11.1 Å². The van der Waals surface area contributed by atoms with Gasteiger partial charge in [0.1, 0.15) is 11.0 Å². The highest BCUT2D eigenvalue weighted by atomic mass is 79.9. The lowest BCUT2D eigenvalue weighted by atomic mass is 10.1. The first-order valence-corrected chi connectivity index (χ1v) is 12.6. The Morgan fingerprint density at radius 2 is 1.16 bits per heavy atom. The van der Waals surface area contributed by atoms with Gasteiger partial charge in [0.2, 0.25) is 0 Å². The number of thiazole rings is 2. The Bertz CT molecular complexity index is 1400. The minimum absolute atomic E-state index is 0.00406. The Morgan fingerprint density at radius 3 is 1.53 bits per heavy atom. The van der Waals surface area contributed by atoms with Gasteiger partial charge in [-0.1, -0.05) is 54.5 Å². The van der Waals surface area contributed by atoms with Crippen molar-refractivity contribution in [3.05, 3.63) is 54.7 Å². The minimum Gasteiger partial charge on any atom is -0.392 e. The van der Waals surface area contributed by atoms with Gasteiger partial charge >= 0.3 is 15.9 Å². The van der Waals surface area contributed by atoms with Crippen LogP contribution in [0.3, 0.4) is 0 Å². The number of H-pyrrole nitrogens is 2. The lowest BCUT2D eigenvalue weighted by Crippen LogP contribution is -2.15. The van der Waals surface area contributed by atoms with Crippen LogP contribution in [0.4, 0.5) is 4.79 Å². The van der Waals surface area contributed by atoms with Gasteiger partial charge in [0.15, 0.2) is 23.1 Å².